The lowest BCUT2D eigenvalue weighted by Crippen LogP contribution is -2.10. The number of pyridine rings is 1. The summed E-state index contributed by atoms with van der Waals surface area (Å²) < 4.78 is 1.89. The van der Waals surface area contributed by atoms with Gasteiger partial charge in [-0.25, -0.2) is 4.98 Å². The van der Waals surface area contributed by atoms with Crippen LogP contribution in [-0.2, 0) is 5.41 Å². The van der Waals surface area contributed by atoms with Crippen LogP contribution in [0.25, 0.3) is 5.65 Å². The molecule has 0 unspecified atom stereocenters. The van der Waals surface area contributed by atoms with Crippen LogP contribution in [0.5, 0.6) is 0 Å². The van der Waals surface area contributed by atoms with Crippen LogP contribution in [0.15, 0.2) is 52.8 Å². The van der Waals surface area contributed by atoms with Crippen LogP contribution in [0.1, 0.15) is 51.8 Å². The number of benzene rings is 1. The molecule has 3 aromatic rings. The Kier molecular flexibility index (Phi) is 4.65. The van der Waals surface area contributed by atoms with Crippen LogP contribution < -0.4 is 0 Å². The minimum Gasteiger partial charge on any atom is -0.281 e. The van der Waals surface area contributed by atoms with Gasteiger partial charge in [0.25, 0.3) is 0 Å². The number of nitrogens with zero attached hydrogens (tertiary/aromatic N) is 4. The first-order valence-corrected chi connectivity index (χ1v) is 8.83. The van der Waals surface area contributed by atoms with Crippen molar-refractivity contribution in [2.24, 2.45) is 10.2 Å². The largest absolute Gasteiger partial charge is 0.281 e. The molecule has 0 aliphatic heterocycles. The standard InChI is InChI=1S/C20H23ClN4/c1-13(2)18-19(25-12-15(21)8-11-17(25)22-18)24-23-16-9-6-14(7-10-16)20(3,4)5/h6-13H,1-5H3. The molecular formula is C20H23ClN4. The summed E-state index contributed by atoms with van der Waals surface area (Å²) in [5.41, 5.74) is 3.96. The van der Waals surface area contributed by atoms with E-state index < -0.39 is 0 Å². The van der Waals surface area contributed by atoms with Crippen molar-refractivity contribution in [3.63, 3.8) is 0 Å². The quantitative estimate of drug-likeness (QED) is 0.475. The second kappa shape index (κ2) is 6.60. The average molecular weight is 355 g/mol. The van der Waals surface area contributed by atoms with E-state index >= 15 is 0 Å². The first kappa shape index (κ1) is 17.6. The fourth-order valence-corrected chi connectivity index (χ4v) is 2.81. The summed E-state index contributed by atoms with van der Waals surface area (Å²) in [5.74, 6) is 0.975. The number of rotatable bonds is 3. The summed E-state index contributed by atoms with van der Waals surface area (Å²) in [6.45, 7) is 10.8. The van der Waals surface area contributed by atoms with Gasteiger partial charge in [0.2, 0.25) is 0 Å². The number of hydrogen-bond acceptors (Lipinski definition) is 3. The molecule has 25 heavy (non-hydrogen) atoms. The first-order valence-electron chi connectivity index (χ1n) is 8.45. The molecule has 3 rings (SSSR count). The van der Waals surface area contributed by atoms with E-state index in [9.17, 15) is 0 Å². The predicted molar refractivity (Wildman–Crippen MR) is 104 cm³/mol. The van der Waals surface area contributed by atoms with Gasteiger partial charge < -0.3 is 0 Å². The Morgan fingerprint density at radius 2 is 1.68 bits per heavy atom. The third kappa shape index (κ3) is 3.74. The number of azo groups is 1. The number of aromatic nitrogens is 2. The maximum atomic E-state index is 6.14. The molecule has 0 spiro atoms. The molecule has 0 radical (unpaired) electrons. The second-order valence-electron chi connectivity index (χ2n) is 7.55. The van der Waals surface area contributed by atoms with Crippen LogP contribution >= 0.6 is 11.6 Å². The smallest absolute Gasteiger partial charge is 0.183 e. The zero-order chi connectivity index (χ0) is 18.2. The minimum absolute atomic E-state index is 0.124. The van der Waals surface area contributed by atoms with Gasteiger partial charge in [-0.1, -0.05) is 58.4 Å². The summed E-state index contributed by atoms with van der Waals surface area (Å²) in [4.78, 5) is 4.66. The highest BCUT2D eigenvalue weighted by Gasteiger charge is 2.16. The number of imidazole rings is 1. The molecule has 2 aromatic heterocycles. The fraction of sp³-hybridized carbons (Fsp3) is 0.350. The third-order valence-corrected chi connectivity index (χ3v) is 4.35. The van der Waals surface area contributed by atoms with Crippen molar-refractivity contribution in [1.29, 1.82) is 0 Å². The average Bonchev–Trinajstić information content (AvgIpc) is 2.90. The van der Waals surface area contributed by atoms with Crippen LogP contribution in [0.3, 0.4) is 0 Å². The highest BCUT2D eigenvalue weighted by atomic mass is 35.5. The maximum absolute atomic E-state index is 6.14. The van der Waals surface area contributed by atoms with E-state index in [1.54, 1.807) is 0 Å². The molecule has 0 amide bonds. The fourth-order valence-electron chi connectivity index (χ4n) is 2.64. The van der Waals surface area contributed by atoms with Gasteiger partial charge in [-0.2, -0.15) is 0 Å². The topological polar surface area (TPSA) is 42.0 Å². The Hall–Kier alpha value is -2.20. The molecule has 130 valence electrons. The van der Waals surface area contributed by atoms with Crippen molar-refractivity contribution >= 4 is 28.8 Å². The van der Waals surface area contributed by atoms with Crippen molar-refractivity contribution < 1.29 is 0 Å². The Labute approximate surface area is 153 Å². The maximum Gasteiger partial charge on any atom is 0.183 e. The molecule has 5 heteroatoms. The van der Waals surface area contributed by atoms with E-state index in [0.717, 1.165) is 22.8 Å². The molecule has 0 atom stereocenters. The molecule has 0 aliphatic carbocycles. The second-order valence-corrected chi connectivity index (χ2v) is 7.98. The van der Waals surface area contributed by atoms with Crippen molar-refractivity contribution in [2.45, 2.75) is 46.0 Å². The zero-order valence-corrected chi connectivity index (χ0v) is 16.0. The van der Waals surface area contributed by atoms with Crippen LogP contribution in [0.2, 0.25) is 5.02 Å². The predicted octanol–water partition coefficient (Wildman–Crippen LogP) is 6.82. The van der Waals surface area contributed by atoms with Crippen molar-refractivity contribution in [1.82, 2.24) is 9.38 Å². The Morgan fingerprint density at radius 3 is 2.28 bits per heavy atom. The van der Waals surface area contributed by atoms with Gasteiger partial charge in [-0.3, -0.25) is 4.40 Å². The highest BCUT2D eigenvalue weighted by molar-refractivity contribution is 6.30. The summed E-state index contributed by atoms with van der Waals surface area (Å²) >= 11 is 6.14. The molecule has 0 bridgehead atoms. The van der Waals surface area contributed by atoms with E-state index in [1.165, 1.54) is 5.56 Å². The molecule has 0 aliphatic rings. The van der Waals surface area contributed by atoms with E-state index in [0.29, 0.717) is 5.02 Å². The molecule has 4 nitrogen and oxygen atoms in total. The van der Waals surface area contributed by atoms with Gasteiger partial charge in [0.05, 0.1) is 16.4 Å². The van der Waals surface area contributed by atoms with Crippen molar-refractivity contribution in [3.05, 3.63) is 58.9 Å². The van der Waals surface area contributed by atoms with Crippen LogP contribution in [-0.4, -0.2) is 9.38 Å². The lowest BCUT2D eigenvalue weighted by Gasteiger charge is -2.18. The van der Waals surface area contributed by atoms with Crippen LogP contribution in [0.4, 0.5) is 11.5 Å². The van der Waals surface area contributed by atoms with Gasteiger partial charge in [0.1, 0.15) is 5.65 Å². The Morgan fingerprint density at radius 1 is 1.00 bits per heavy atom. The summed E-state index contributed by atoms with van der Waals surface area (Å²) in [6.07, 6.45) is 1.83. The molecule has 2 heterocycles. The molecule has 0 N–H and O–H groups in total. The number of fused-ring (bicyclic) bond motifs is 1. The Balaban J connectivity index is 2.00. The normalized spacial score (nSPS) is 12.6. The lowest BCUT2D eigenvalue weighted by molar-refractivity contribution is 0.590. The van der Waals surface area contributed by atoms with E-state index in [-0.39, 0.29) is 11.3 Å². The van der Waals surface area contributed by atoms with Crippen LogP contribution in [0, 0.1) is 0 Å². The monoisotopic (exact) mass is 354 g/mol. The molecule has 0 saturated heterocycles. The van der Waals surface area contributed by atoms with Gasteiger partial charge in [0.15, 0.2) is 5.82 Å². The van der Waals surface area contributed by atoms with Gasteiger partial charge in [-0.05, 0) is 41.2 Å². The molecule has 1 aromatic carbocycles. The minimum atomic E-state index is 0.124. The van der Waals surface area contributed by atoms with Crippen molar-refractivity contribution in [3.8, 4) is 0 Å². The SMILES string of the molecule is CC(C)c1nc2ccc(Cl)cn2c1N=Nc1ccc(C(C)(C)C)cc1. The van der Waals surface area contributed by atoms with E-state index in [2.05, 4.69) is 62.0 Å². The summed E-state index contributed by atoms with van der Waals surface area (Å²) in [5, 5.41) is 9.55. The number of hydrogen-bond donors (Lipinski definition) is 0. The highest BCUT2D eigenvalue weighted by Crippen LogP contribution is 2.31. The van der Waals surface area contributed by atoms with Gasteiger partial charge in [0, 0.05) is 6.20 Å². The summed E-state index contributed by atoms with van der Waals surface area (Å²) in [7, 11) is 0. The molecule has 0 fully saturated rings. The molecular weight excluding hydrogens is 332 g/mol. The first-order chi connectivity index (χ1) is 11.8. The van der Waals surface area contributed by atoms with Crippen molar-refractivity contribution in [2.75, 3.05) is 0 Å². The third-order valence-electron chi connectivity index (χ3n) is 4.12. The van der Waals surface area contributed by atoms with E-state index in [4.69, 9.17) is 11.6 Å². The molecule has 0 saturated carbocycles. The van der Waals surface area contributed by atoms with E-state index in [1.807, 2.05) is 34.9 Å². The summed E-state index contributed by atoms with van der Waals surface area (Å²) in [6, 6.07) is 11.9. The van der Waals surface area contributed by atoms with Gasteiger partial charge >= 0.3 is 0 Å². The Bertz CT molecular complexity index is 915. The lowest BCUT2D eigenvalue weighted by atomic mass is 9.87. The zero-order valence-electron chi connectivity index (χ0n) is 15.3. The van der Waals surface area contributed by atoms with Gasteiger partial charge in [-0.15, -0.1) is 10.2 Å². The number of halogens is 1.